The number of hydrogen-bond acceptors (Lipinski definition) is 4. The molecule has 3 rings (SSSR count). The number of aliphatic hydroxyl groups is 2. The van der Waals surface area contributed by atoms with Crippen molar-refractivity contribution >= 4 is 26.5 Å². The SMILES string of the molecule is CS1(CC(O)c2cc(C(F)(F)F)nc3c(C(F)(F)F)cccc23)C=NC=C1CO. The fraction of sp³-hybridized carbons (Fsp3) is 0.333. The molecule has 0 amide bonds. The Balaban J connectivity index is 2.18. The Kier molecular flexibility index (Phi) is 5.43. The van der Waals surface area contributed by atoms with E-state index in [4.69, 9.17) is 0 Å². The minimum absolute atomic E-state index is 0.102. The molecule has 11 heteroatoms. The Labute approximate surface area is 162 Å². The third kappa shape index (κ3) is 4.12. The second-order valence-corrected chi connectivity index (χ2v) is 10.0. The molecule has 158 valence electrons. The number of aromatic nitrogens is 1. The molecule has 2 unspecified atom stereocenters. The lowest BCUT2D eigenvalue weighted by Gasteiger charge is -2.33. The Morgan fingerprint density at radius 2 is 1.79 bits per heavy atom. The van der Waals surface area contributed by atoms with Gasteiger partial charge < -0.3 is 10.2 Å². The summed E-state index contributed by atoms with van der Waals surface area (Å²) < 4.78 is 79.9. The van der Waals surface area contributed by atoms with Crippen LogP contribution in [-0.2, 0) is 12.4 Å². The standard InChI is InChI=1S/C18H16F6N2O2S/c1-29(9-25-6-10(29)7-27)8-14(28)12-5-15(18(22,23)24)26-16-11(12)3-2-4-13(16)17(19,20)21/h2-6,9,14,27-28H,7-8H2,1H3. The molecule has 0 saturated heterocycles. The van der Waals surface area contributed by atoms with Gasteiger partial charge in [-0.3, -0.25) is 4.99 Å². The van der Waals surface area contributed by atoms with E-state index in [0.717, 1.165) is 6.07 Å². The molecule has 2 N–H and O–H groups in total. The van der Waals surface area contributed by atoms with Crippen molar-refractivity contribution in [3.8, 4) is 0 Å². The van der Waals surface area contributed by atoms with Crippen LogP contribution in [-0.4, -0.2) is 39.4 Å². The van der Waals surface area contributed by atoms with E-state index < -0.39 is 45.3 Å². The van der Waals surface area contributed by atoms with Gasteiger partial charge in [-0.1, -0.05) is 12.1 Å². The average molecular weight is 438 g/mol. The molecule has 1 aliphatic rings. The van der Waals surface area contributed by atoms with Crippen molar-refractivity contribution in [2.45, 2.75) is 18.5 Å². The molecule has 4 nitrogen and oxygen atoms in total. The normalized spacial score (nSPS) is 23.1. The zero-order valence-corrected chi connectivity index (χ0v) is 15.7. The second-order valence-electron chi connectivity index (χ2n) is 6.64. The van der Waals surface area contributed by atoms with Gasteiger partial charge in [0.25, 0.3) is 0 Å². The summed E-state index contributed by atoms with van der Waals surface area (Å²) in [4.78, 5) is 7.66. The monoisotopic (exact) mass is 438 g/mol. The Morgan fingerprint density at radius 3 is 2.38 bits per heavy atom. The molecule has 0 bridgehead atoms. The maximum Gasteiger partial charge on any atom is 0.433 e. The van der Waals surface area contributed by atoms with Crippen molar-refractivity contribution in [1.82, 2.24) is 4.98 Å². The van der Waals surface area contributed by atoms with E-state index >= 15 is 0 Å². The quantitative estimate of drug-likeness (QED) is 0.685. The molecule has 0 spiro atoms. The fourth-order valence-corrected chi connectivity index (χ4v) is 5.31. The Bertz CT molecular complexity index is 1000. The minimum atomic E-state index is -5.00. The van der Waals surface area contributed by atoms with Crippen LogP contribution in [0.5, 0.6) is 0 Å². The number of benzene rings is 1. The number of aliphatic hydroxyl groups excluding tert-OH is 2. The van der Waals surface area contributed by atoms with Gasteiger partial charge in [-0.05, 0) is 24.0 Å². The maximum absolute atomic E-state index is 13.3. The highest BCUT2D eigenvalue weighted by Crippen LogP contribution is 2.55. The third-order valence-corrected chi connectivity index (χ3v) is 7.62. The van der Waals surface area contributed by atoms with E-state index in [0.29, 0.717) is 17.0 Å². The van der Waals surface area contributed by atoms with Crippen LogP contribution in [0.1, 0.15) is 22.9 Å². The lowest BCUT2D eigenvalue weighted by molar-refractivity contribution is -0.142. The average Bonchev–Trinajstić information content (AvgIpc) is 2.98. The van der Waals surface area contributed by atoms with E-state index in [9.17, 15) is 36.6 Å². The number of nitrogens with zero attached hydrogens (tertiary/aromatic N) is 2. The molecule has 2 heterocycles. The third-order valence-electron chi connectivity index (χ3n) is 4.60. The number of aliphatic imine (C=N–C) groups is 1. The second kappa shape index (κ2) is 7.29. The van der Waals surface area contributed by atoms with Crippen molar-refractivity contribution in [1.29, 1.82) is 0 Å². The predicted octanol–water partition coefficient (Wildman–Crippen LogP) is 4.62. The first-order chi connectivity index (χ1) is 13.4. The molecule has 2 atom stereocenters. The largest absolute Gasteiger partial charge is 0.433 e. The molecule has 2 aromatic rings. The van der Waals surface area contributed by atoms with Crippen LogP contribution in [0.15, 0.2) is 40.4 Å². The lowest BCUT2D eigenvalue weighted by atomic mass is 10.00. The summed E-state index contributed by atoms with van der Waals surface area (Å²) in [5.41, 5.74) is -2.50. The first-order valence-electron chi connectivity index (χ1n) is 8.22. The molecular weight excluding hydrogens is 422 g/mol. The van der Waals surface area contributed by atoms with Gasteiger partial charge in [-0.25, -0.2) is 4.98 Å². The molecule has 0 fully saturated rings. The van der Waals surface area contributed by atoms with E-state index in [1.165, 1.54) is 17.8 Å². The van der Waals surface area contributed by atoms with Gasteiger partial charge in [0, 0.05) is 27.8 Å². The van der Waals surface area contributed by atoms with Crippen molar-refractivity contribution < 1.29 is 36.6 Å². The summed E-state index contributed by atoms with van der Waals surface area (Å²) in [7, 11) is -1.95. The molecule has 1 aromatic heterocycles. The molecule has 0 radical (unpaired) electrons. The number of hydrogen-bond donors (Lipinski definition) is 2. The first kappa shape index (κ1) is 21.6. The van der Waals surface area contributed by atoms with Gasteiger partial charge in [0.15, 0.2) is 0 Å². The van der Waals surface area contributed by atoms with Crippen LogP contribution in [0.2, 0.25) is 0 Å². The summed E-state index contributed by atoms with van der Waals surface area (Å²) in [6.45, 7) is -0.346. The molecular formula is C18H16F6N2O2S. The van der Waals surface area contributed by atoms with E-state index in [1.807, 2.05) is 0 Å². The van der Waals surface area contributed by atoms with Gasteiger partial charge in [0.1, 0.15) is 5.69 Å². The maximum atomic E-state index is 13.3. The van der Waals surface area contributed by atoms with Gasteiger partial charge in [0.05, 0.1) is 23.8 Å². The van der Waals surface area contributed by atoms with E-state index in [-0.39, 0.29) is 23.3 Å². The number of rotatable bonds is 4. The zero-order chi connectivity index (χ0) is 21.6. The van der Waals surface area contributed by atoms with Crippen molar-refractivity contribution in [2.75, 3.05) is 18.6 Å². The smallest absolute Gasteiger partial charge is 0.391 e. The Morgan fingerprint density at radius 1 is 1.10 bits per heavy atom. The number of fused-ring (bicyclic) bond motifs is 1. The van der Waals surface area contributed by atoms with Gasteiger partial charge in [-0.15, -0.1) is 0 Å². The number of alkyl halides is 6. The Hall–Kier alpha value is -2.11. The van der Waals surface area contributed by atoms with Crippen molar-refractivity contribution in [3.63, 3.8) is 0 Å². The molecule has 0 saturated carbocycles. The highest BCUT2D eigenvalue weighted by Gasteiger charge is 2.38. The van der Waals surface area contributed by atoms with Crippen LogP contribution in [0, 0.1) is 0 Å². The van der Waals surface area contributed by atoms with E-state index in [2.05, 4.69) is 9.98 Å². The fourth-order valence-electron chi connectivity index (χ4n) is 3.12. The molecule has 1 aromatic carbocycles. The molecule has 0 aliphatic carbocycles. The summed E-state index contributed by atoms with van der Waals surface area (Å²) in [5, 5.41) is 19.9. The zero-order valence-electron chi connectivity index (χ0n) is 14.9. The summed E-state index contributed by atoms with van der Waals surface area (Å²) in [6, 6.07) is 3.47. The number of halogens is 6. The predicted molar refractivity (Wildman–Crippen MR) is 98.7 cm³/mol. The number of pyridine rings is 1. The number of para-hydroxylation sites is 1. The van der Waals surface area contributed by atoms with Gasteiger partial charge in [0.2, 0.25) is 0 Å². The summed E-state index contributed by atoms with van der Waals surface area (Å²) in [6.07, 6.45) is -8.33. The minimum Gasteiger partial charge on any atom is -0.391 e. The van der Waals surface area contributed by atoms with Crippen molar-refractivity contribution in [2.24, 2.45) is 4.99 Å². The lowest BCUT2D eigenvalue weighted by Crippen LogP contribution is -2.17. The van der Waals surface area contributed by atoms with Crippen LogP contribution >= 0.6 is 10.0 Å². The highest BCUT2D eigenvalue weighted by molar-refractivity contribution is 8.46. The van der Waals surface area contributed by atoms with Gasteiger partial charge >= 0.3 is 12.4 Å². The first-order valence-corrected chi connectivity index (χ1v) is 10.5. The summed E-state index contributed by atoms with van der Waals surface area (Å²) in [5.74, 6) is -0.102. The topological polar surface area (TPSA) is 65.7 Å². The van der Waals surface area contributed by atoms with Crippen LogP contribution in [0.25, 0.3) is 10.9 Å². The van der Waals surface area contributed by atoms with Crippen LogP contribution < -0.4 is 0 Å². The molecule has 1 aliphatic heterocycles. The van der Waals surface area contributed by atoms with Gasteiger partial charge in [-0.2, -0.15) is 36.4 Å². The molecule has 29 heavy (non-hydrogen) atoms. The highest BCUT2D eigenvalue weighted by atomic mass is 32.3. The summed E-state index contributed by atoms with van der Waals surface area (Å²) >= 11 is 0. The van der Waals surface area contributed by atoms with E-state index in [1.54, 1.807) is 6.26 Å². The van der Waals surface area contributed by atoms with Crippen molar-refractivity contribution in [3.05, 3.63) is 52.2 Å². The van der Waals surface area contributed by atoms with Crippen LogP contribution in [0.4, 0.5) is 26.3 Å². The van der Waals surface area contributed by atoms with Crippen LogP contribution in [0.3, 0.4) is 0 Å².